The molecule has 0 N–H and O–H groups in total. The number of ether oxygens (including phenoxy) is 3. The first-order valence-corrected chi connectivity index (χ1v) is 7.94. The highest BCUT2D eigenvalue weighted by molar-refractivity contribution is 5.77. The molecule has 0 unspecified atom stereocenters. The van der Waals surface area contributed by atoms with E-state index in [1.54, 1.807) is 11.9 Å². The van der Waals surface area contributed by atoms with Crippen LogP contribution in [0.25, 0.3) is 0 Å². The lowest BCUT2D eigenvalue weighted by Gasteiger charge is -2.21. The molecule has 126 valence electrons. The Morgan fingerprint density at radius 3 is 2.71 bits per heavy atom. The van der Waals surface area contributed by atoms with Crippen LogP contribution in [-0.4, -0.2) is 37.7 Å². The summed E-state index contributed by atoms with van der Waals surface area (Å²) in [5, 5.41) is 0. The lowest BCUT2D eigenvalue weighted by atomic mass is 10.2. The van der Waals surface area contributed by atoms with Gasteiger partial charge in [-0.25, -0.2) is 0 Å². The summed E-state index contributed by atoms with van der Waals surface area (Å²) in [4.78, 5) is 13.9. The second-order valence-corrected chi connectivity index (χ2v) is 5.83. The molecule has 1 amide bonds. The Bertz CT molecular complexity index is 729. The largest absolute Gasteiger partial charge is 0.486 e. The fraction of sp³-hybridized carbons (Fsp3) is 0.316. The number of likely N-dealkylation sites (N-methyl/N-ethyl adjacent to an activating group) is 1. The van der Waals surface area contributed by atoms with Crippen LogP contribution in [0.3, 0.4) is 0 Å². The number of hydrogen-bond acceptors (Lipinski definition) is 4. The molecule has 2 aromatic rings. The van der Waals surface area contributed by atoms with Gasteiger partial charge in [0, 0.05) is 13.6 Å². The summed E-state index contributed by atoms with van der Waals surface area (Å²) in [5.41, 5.74) is 2.09. The number of carbonyl (C=O) groups excluding carboxylic acids is 1. The molecule has 1 aliphatic heterocycles. The first kappa shape index (κ1) is 16.2. The number of rotatable bonds is 5. The minimum absolute atomic E-state index is 0.0184. The molecule has 5 nitrogen and oxygen atoms in total. The minimum Gasteiger partial charge on any atom is -0.486 e. The van der Waals surface area contributed by atoms with Gasteiger partial charge < -0.3 is 19.1 Å². The molecule has 1 heterocycles. The molecule has 0 spiro atoms. The van der Waals surface area contributed by atoms with Crippen LogP contribution in [0, 0.1) is 6.92 Å². The van der Waals surface area contributed by atoms with Crippen LogP contribution >= 0.6 is 0 Å². The molecule has 1 aliphatic rings. The highest BCUT2D eigenvalue weighted by Crippen LogP contribution is 2.31. The predicted molar refractivity (Wildman–Crippen MR) is 90.6 cm³/mol. The number of aryl methyl sites for hydroxylation is 1. The van der Waals surface area contributed by atoms with Gasteiger partial charge in [0.2, 0.25) is 0 Å². The van der Waals surface area contributed by atoms with Crippen molar-refractivity contribution in [2.45, 2.75) is 13.5 Å². The monoisotopic (exact) mass is 327 g/mol. The Labute approximate surface area is 141 Å². The second kappa shape index (κ2) is 7.25. The van der Waals surface area contributed by atoms with Crippen molar-refractivity contribution in [1.82, 2.24) is 4.90 Å². The summed E-state index contributed by atoms with van der Waals surface area (Å²) >= 11 is 0. The molecule has 24 heavy (non-hydrogen) atoms. The van der Waals surface area contributed by atoms with E-state index in [9.17, 15) is 4.79 Å². The third-order valence-electron chi connectivity index (χ3n) is 3.80. The fourth-order valence-corrected chi connectivity index (χ4v) is 2.51. The molecule has 3 rings (SSSR count). The number of amides is 1. The summed E-state index contributed by atoms with van der Waals surface area (Å²) in [6.45, 7) is 3.62. The van der Waals surface area contributed by atoms with Gasteiger partial charge in [0.05, 0.1) is 0 Å². The highest BCUT2D eigenvalue weighted by atomic mass is 16.6. The molecule has 0 aromatic heterocycles. The standard InChI is InChI=1S/C19H21NO4/c1-14-4-3-5-16(10-14)24-13-19(21)20(2)12-15-6-7-17-18(11-15)23-9-8-22-17/h3-7,10-11H,8-9,12-13H2,1-2H3. The number of hydrogen-bond donors (Lipinski definition) is 0. The summed E-state index contributed by atoms with van der Waals surface area (Å²) in [7, 11) is 1.76. The van der Waals surface area contributed by atoms with Crippen molar-refractivity contribution < 1.29 is 19.0 Å². The molecule has 5 heteroatoms. The van der Waals surface area contributed by atoms with Crippen LogP contribution in [0.2, 0.25) is 0 Å². The van der Waals surface area contributed by atoms with Crippen molar-refractivity contribution in [3.8, 4) is 17.2 Å². The molecule has 0 saturated carbocycles. The van der Waals surface area contributed by atoms with E-state index in [0.717, 1.165) is 22.6 Å². The van der Waals surface area contributed by atoms with Crippen LogP contribution in [0.4, 0.5) is 0 Å². The molecule has 0 atom stereocenters. The third kappa shape index (κ3) is 3.98. The maximum absolute atomic E-state index is 12.2. The van der Waals surface area contributed by atoms with Crippen molar-refractivity contribution in [2.75, 3.05) is 26.9 Å². The zero-order valence-electron chi connectivity index (χ0n) is 14.0. The predicted octanol–water partition coefficient (Wildman–Crippen LogP) is 2.80. The van der Waals surface area contributed by atoms with Crippen molar-refractivity contribution in [1.29, 1.82) is 0 Å². The van der Waals surface area contributed by atoms with E-state index in [-0.39, 0.29) is 12.5 Å². The van der Waals surface area contributed by atoms with Crippen LogP contribution in [0.15, 0.2) is 42.5 Å². The molecule has 0 fully saturated rings. The average molecular weight is 327 g/mol. The van der Waals surface area contributed by atoms with Crippen molar-refractivity contribution in [2.24, 2.45) is 0 Å². The van der Waals surface area contributed by atoms with E-state index in [0.29, 0.717) is 25.5 Å². The first-order valence-electron chi connectivity index (χ1n) is 7.94. The zero-order chi connectivity index (χ0) is 16.9. The van der Waals surface area contributed by atoms with Gasteiger partial charge in [-0.1, -0.05) is 18.2 Å². The van der Waals surface area contributed by atoms with Crippen molar-refractivity contribution in [3.05, 3.63) is 53.6 Å². The molecule has 0 aliphatic carbocycles. The lowest BCUT2D eigenvalue weighted by Crippen LogP contribution is -2.31. The summed E-state index contributed by atoms with van der Waals surface area (Å²) in [5.74, 6) is 2.11. The normalized spacial score (nSPS) is 12.6. The number of nitrogens with zero attached hydrogens (tertiary/aromatic N) is 1. The van der Waals surface area contributed by atoms with Crippen LogP contribution < -0.4 is 14.2 Å². The van der Waals surface area contributed by atoms with Gasteiger partial charge in [0.25, 0.3) is 5.91 Å². The number of benzene rings is 2. The van der Waals surface area contributed by atoms with E-state index in [1.807, 2.05) is 49.4 Å². The second-order valence-electron chi connectivity index (χ2n) is 5.83. The Morgan fingerprint density at radius 2 is 1.92 bits per heavy atom. The topological polar surface area (TPSA) is 48.0 Å². The van der Waals surface area contributed by atoms with E-state index in [1.165, 1.54) is 0 Å². The summed E-state index contributed by atoms with van der Waals surface area (Å²) in [6, 6.07) is 13.4. The third-order valence-corrected chi connectivity index (χ3v) is 3.80. The van der Waals surface area contributed by atoms with Gasteiger partial charge in [0.15, 0.2) is 18.1 Å². The highest BCUT2D eigenvalue weighted by Gasteiger charge is 2.14. The van der Waals surface area contributed by atoms with E-state index >= 15 is 0 Å². The first-order chi connectivity index (χ1) is 11.6. The molecular formula is C19H21NO4. The summed E-state index contributed by atoms with van der Waals surface area (Å²) in [6.07, 6.45) is 0. The molecule has 2 aromatic carbocycles. The molecular weight excluding hydrogens is 306 g/mol. The maximum atomic E-state index is 12.2. The Hall–Kier alpha value is -2.69. The van der Waals surface area contributed by atoms with Crippen LogP contribution in [-0.2, 0) is 11.3 Å². The van der Waals surface area contributed by atoms with Crippen molar-refractivity contribution >= 4 is 5.91 Å². The Balaban J connectivity index is 1.56. The van der Waals surface area contributed by atoms with Gasteiger partial charge in [-0.05, 0) is 42.3 Å². The molecule has 0 saturated heterocycles. The number of carbonyl (C=O) groups is 1. The minimum atomic E-state index is -0.0774. The van der Waals surface area contributed by atoms with E-state index in [2.05, 4.69) is 0 Å². The molecule has 0 bridgehead atoms. The molecule has 0 radical (unpaired) electrons. The zero-order valence-corrected chi connectivity index (χ0v) is 14.0. The average Bonchev–Trinajstić information content (AvgIpc) is 2.59. The quantitative estimate of drug-likeness (QED) is 0.847. The maximum Gasteiger partial charge on any atom is 0.260 e. The smallest absolute Gasteiger partial charge is 0.260 e. The van der Waals surface area contributed by atoms with Crippen LogP contribution in [0.5, 0.6) is 17.2 Å². The SMILES string of the molecule is Cc1cccc(OCC(=O)N(C)Cc2ccc3c(c2)OCCO3)c1. The van der Waals surface area contributed by atoms with Crippen molar-refractivity contribution in [3.63, 3.8) is 0 Å². The Morgan fingerprint density at radius 1 is 1.12 bits per heavy atom. The van der Waals surface area contributed by atoms with Gasteiger partial charge in [-0.2, -0.15) is 0 Å². The van der Waals surface area contributed by atoms with E-state index < -0.39 is 0 Å². The summed E-state index contributed by atoms with van der Waals surface area (Å²) < 4.78 is 16.6. The van der Waals surface area contributed by atoms with E-state index in [4.69, 9.17) is 14.2 Å². The van der Waals surface area contributed by atoms with Gasteiger partial charge in [-0.15, -0.1) is 0 Å². The Kier molecular flexibility index (Phi) is 4.89. The van der Waals surface area contributed by atoms with Crippen LogP contribution in [0.1, 0.15) is 11.1 Å². The van der Waals surface area contributed by atoms with Gasteiger partial charge in [-0.3, -0.25) is 4.79 Å². The number of fused-ring (bicyclic) bond motifs is 1. The van der Waals surface area contributed by atoms with Gasteiger partial charge in [0.1, 0.15) is 19.0 Å². The lowest BCUT2D eigenvalue weighted by molar-refractivity contribution is -0.132. The fourth-order valence-electron chi connectivity index (χ4n) is 2.51. The van der Waals surface area contributed by atoms with Gasteiger partial charge >= 0.3 is 0 Å².